The molecule has 1 N–H and O–H groups in total. The fourth-order valence-electron chi connectivity index (χ4n) is 1.45. The molecule has 0 saturated heterocycles. The molecule has 0 aliphatic heterocycles. The number of aliphatic hydroxyl groups excluding tert-OH is 1. The second-order valence-electron chi connectivity index (χ2n) is 4.31. The Balaban J connectivity index is 3.05. The van der Waals surface area contributed by atoms with Crippen LogP contribution in [-0.4, -0.2) is 29.3 Å². The summed E-state index contributed by atoms with van der Waals surface area (Å²) in [6.07, 6.45) is -1.22. The molecule has 0 aliphatic rings. The number of methoxy groups -OCH3 is 1. The smallest absolute Gasteiger partial charge is 0.335 e. The van der Waals surface area contributed by atoms with E-state index in [1.54, 1.807) is 19.9 Å². The van der Waals surface area contributed by atoms with Crippen molar-refractivity contribution in [2.45, 2.75) is 32.3 Å². The molecular weight excluding hydrogens is 206 g/mol. The lowest BCUT2D eigenvalue weighted by molar-refractivity contribution is -0.154. The van der Waals surface area contributed by atoms with Crippen molar-refractivity contribution in [3.8, 4) is 0 Å². The van der Waals surface area contributed by atoms with Crippen LogP contribution in [0.1, 0.15) is 25.2 Å². The van der Waals surface area contributed by atoms with Crippen LogP contribution in [0.2, 0.25) is 0 Å². The molecule has 1 heterocycles. The molecule has 0 bridgehead atoms. The molecule has 0 amide bonds. The van der Waals surface area contributed by atoms with E-state index in [-0.39, 0.29) is 0 Å². The van der Waals surface area contributed by atoms with Crippen molar-refractivity contribution < 1.29 is 14.6 Å². The predicted octanol–water partition coefficient (Wildman–Crippen LogP) is 1.20. The minimum absolute atomic E-state index is 0.645. The van der Waals surface area contributed by atoms with Crippen LogP contribution in [0.15, 0.2) is 18.2 Å². The molecule has 1 aromatic rings. The first kappa shape index (κ1) is 12.6. The van der Waals surface area contributed by atoms with Crippen molar-refractivity contribution >= 4 is 5.97 Å². The lowest BCUT2D eigenvalue weighted by Crippen LogP contribution is -2.41. The summed E-state index contributed by atoms with van der Waals surface area (Å²) in [7, 11) is 1.26. The first-order valence-electron chi connectivity index (χ1n) is 5.09. The summed E-state index contributed by atoms with van der Waals surface area (Å²) < 4.78 is 4.53. The highest BCUT2D eigenvalue weighted by Crippen LogP contribution is 2.26. The van der Waals surface area contributed by atoms with E-state index in [0.29, 0.717) is 5.69 Å². The second kappa shape index (κ2) is 4.61. The lowest BCUT2D eigenvalue weighted by Gasteiger charge is -2.28. The number of aliphatic hydroxyl groups is 1. The molecule has 88 valence electrons. The quantitative estimate of drug-likeness (QED) is 0.782. The Morgan fingerprint density at radius 3 is 2.62 bits per heavy atom. The number of aromatic nitrogens is 1. The first-order chi connectivity index (χ1) is 7.39. The normalized spacial score (nSPS) is 13.3. The fraction of sp³-hybridized carbons (Fsp3) is 0.500. The van der Waals surface area contributed by atoms with Gasteiger partial charge in [0.1, 0.15) is 0 Å². The maximum atomic E-state index is 11.3. The van der Waals surface area contributed by atoms with Crippen molar-refractivity contribution in [2.24, 2.45) is 0 Å². The van der Waals surface area contributed by atoms with Crippen LogP contribution in [0.25, 0.3) is 0 Å². The highest BCUT2D eigenvalue weighted by atomic mass is 16.5. The van der Waals surface area contributed by atoms with Gasteiger partial charge in [-0.05, 0) is 19.1 Å². The average Bonchev–Trinajstić information content (AvgIpc) is 2.27. The summed E-state index contributed by atoms with van der Waals surface area (Å²) in [6.45, 7) is 5.39. The number of nitrogens with zero attached hydrogens (tertiary/aromatic N) is 1. The number of ether oxygens (including phenoxy) is 1. The molecule has 16 heavy (non-hydrogen) atoms. The van der Waals surface area contributed by atoms with Gasteiger partial charge < -0.3 is 9.84 Å². The van der Waals surface area contributed by atoms with Gasteiger partial charge in [0, 0.05) is 16.8 Å². The molecule has 1 atom stereocenters. The minimum Gasteiger partial charge on any atom is -0.467 e. The van der Waals surface area contributed by atoms with Gasteiger partial charge in [-0.3, -0.25) is 4.98 Å². The number of hydrogen-bond donors (Lipinski definition) is 1. The highest BCUT2D eigenvalue weighted by molar-refractivity contribution is 5.76. The Bertz CT molecular complexity index is 388. The van der Waals surface area contributed by atoms with Crippen molar-refractivity contribution in [3.05, 3.63) is 29.6 Å². The number of carbonyl (C=O) groups excluding carboxylic acids is 1. The van der Waals surface area contributed by atoms with E-state index in [2.05, 4.69) is 9.72 Å². The number of pyridine rings is 1. The third-order valence-corrected chi connectivity index (χ3v) is 2.66. The number of carbonyl (C=O) groups is 1. The van der Waals surface area contributed by atoms with Crippen molar-refractivity contribution in [1.29, 1.82) is 0 Å². The fourth-order valence-corrected chi connectivity index (χ4v) is 1.45. The molecule has 0 aromatic carbocycles. The highest BCUT2D eigenvalue weighted by Gasteiger charge is 2.37. The zero-order valence-corrected chi connectivity index (χ0v) is 10.0. The van der Waals surface area contributed by atoms with E-state index in [1.807, 2.05) is 19.1 Å². The number of rotatable bonds is 3. The molecule has 0 aliphatic carbocycles. The standard InChI is InChI=1S/C12H17NO3/c1-8-6-5-7-9(13-8)12(2,3)10(14)11(15)16-4/h5-7,10,14H,1-4H3. The number of esters is 1. The maximum Gasteiger partial charge on any atom is 0.335 e. The van der Waals surface area contributed by atoms with Gasteiger partial charge in [-0.25, -0.2) is 4.79 Å². The van der Waals surface area contributed by atoms with Gasteiger partial charge in [0.15, 0.2) is 6.10 Å². The molecule has 0 fully saturated rings. The third-order valence-electron chi connectivity index (χ3n) is 2.66. The van der Waals surface area contributed by atoms with E-state index in [9.17, 15) is 9.90 Å². The molecular formula is C12H17NO3. The van der Waals surface area contributed by atoms with E-state index in [4.69, 9.17) is 0 Å². The van der Waals surface area contributed by atoms with Crippen LogP contribution in [0, 0.1) is 6.92 Å². The first-order valence-corrected chi connectivity index (χ1v) is 5.09. The molecule has 4 heteroatoms. The predicted molar refractivity (Wildman–Crippen MR) is 60.0 cm³/mol. The number of hydrogen-bond acceptors (Lipinski definition) is 4. The van der Waals surface area contributed by atoms with Gasteiger partial charge in [0.05, 0.1) is 7.11 Å². The molecule has 0 spiro atoms. The van der Waals surface area contributed by atoms with Crippen LogP contribution in [0.5, 0.6) is 0 Å². The van der Waals surface area contributed by atoms with Crippen LogP contribution < -0.4 is 0 Å². The van der Waals surface area contributed by atoms with Gasteiger partial charge in [-0.1, -0.05) is 19.9 Å². The largest absolute Gasteiger partial charge is 0.467 e. The number of aryl methyl sites for hydroxylation is 1. The molecule has 1 aromatic heterocycles. The van der Waals surface area contributed by atoms with Crippen LogP contribution in [0.4, 0.5) is 0 Å². The van der Waals surface area contributed by atoms with Crippen molar-refractivity contribution in [1.82, 2.24) is 4.98 Å². The summed E-state index contributed by atoms with van der Waals surface area (Å²) in [4.78, 5) is 15.6. The van der Waals surface area contributed by atoms with E-state index < -0.39 is 17.5 Å². The SMILES string of the molecule is COC(=O)C(O)C(C)(C)c1cccc(C)n1. The Kier molecular flexibility index (Phi) is 3.65. The molecule has 1 rings (SSSR count). The summed E-state index contributed by atoms with van der Waals surface area (Å²) in [5.41, 5.74) is 0.757. The maximum absolute atomic E-state index is 11.3. The second-order valence-corrected chi connectivity index (χ2v) is 4.31. The Morgan fingerprint density at radius 2 is 2.12 bits per heavy atom. The van der Waals surface area contributed by atoms with Gasteiger partial charge >= 0.3 is 5.97 Å². The summed E-state index contributed by atoms with van der Waals surface area (Å²) in [5.74, 6) is -0.645. The van der Waals surface area contributed by atoms with Crippen LogP contribution in [-0.2, 0) is 14.9 Å². The molecule has 0 radical (unpaired) electrons. The van der Waals surface area contributed by atoms with Gasteiger partial charge in [-0.2, -0.15) is 0 Å². The third kappa shape index (κ3) is 2.39. The Morgan fingerprint density at radius 1 is 1.50 bits per heavy atom. The lowest BCUT2D eigenvalue weighted by atomic mass is 9.82. The summed E-state index contributed by atoms with van der Waals surface area (Å²) in [5, 5.41) is 9.88. The van der Waals surface area contributed by atoms with E-state index >= 15 is 0 Å². The molecule has 0 saturated carbocycles. The monoisotopic (exact) mass is 223 g/mol. The minimum atomic E-state index is -1.22. The van der Waals surface area contributed by atoms with Gasteiger partial charge in [0.2, 0.25) is 0 Å². The average molecular weight is 223 g/mol. The Hall–Kier alpha value is -1.42. The van der Waals surface area contributed by atoms with Gasteiger partial charge in [-0.15, -0.1) is 0 Å². The van der Waals surface area contributed by atoms with E-state index in [0.717, 1.165) is 5.69 Å². The van der Waals surface area contributed by atoms with Crippen molar-refractivity contribution in [3.63, 3.8) is 0 Å². The van der Waals surface area contributed by atoms with Gasteiger partial charge in [0.25, 0.3) is 0 Å². The zero-order valence-electron chi connectivity index (χ0n) is 10.0. The zero-order chi connectivity index (χ0) is 12.3. The molecule has 1 unspecified atom stereocenters. The summed E-state index contributed by atoms with van der Waals surface area (Å²) >= 11 is 0. The van der Waals surface area contributed by atoms with Crippen LogP contribution in [0.3, 0.4) is 0 Å². The van der Waals surface area contributed by atoms with Crippen LogP contribution >= 0.6 is 0 Å². The Labute approximate surface area is 95.3 Å². The topological polar surface area (TPSA) is 59.4 Å². The van der Waals surface area contributed by atoms with Crippen molar-refractivity contribution in [2.75, 3.05) is 7.11 Å². The van der Waals surface area contributed by atoms with E-state index in [1.165, 1.54) is 7.11 Å². The summed E-state index contributed by atoms with van der Waals surface area (Å²) in [6, 6.07) is 5.51. The molecule has 4 nitrogen and oxygen atoms in total.